The van der Waals surface area contributed by atoms with E-state index in [1.165, 1.54) is 17.8 Å². The predicted molar refractivity (Wildman–Crippen MR) is 54.4 cm³/mol. The number of nitrogens with zero attached hydrogens (tertiary/aromatic N) is 1. The highest BCUT2D eigenvalue weighted by Crippen LogP contribution is 2.13. The summed E-state index contributed by atoms with van der Waals surface area (Å²) >= 11 is 1.48. The van der Waals surface area contributed by atoms with Crippen molar-refractivity contribution in [3.05, 3.63) is 11.6 Å². The van der Waals surface area contributed by atoms with Crippen molar-refractivity contribution in [1.82, 2.24) is 10.3 Å². The Morgan fingerprint density at radius 2 is 2.69 bits per heavy atom. The Morgan fingerprint density at radius 3 is 3.31 bits per heavy atom. The van der Waals surface area contributed by atoms with Gasteiger partial charge in [0.15, 0.2) is 4.34 Å². The predicted octanol–water partition coefficient (Wildman–Crippen LogP) is 1.00. The molecule has 2 atom stereocenters. The van der Waals surface area contributed by atoms with Crippen LogP contribution in [-0.2, 0) is 10.8 Å². The van der Waals surface area contributed by atoms with Crippen LogP contribution in [0.15, 0.2) is 15.9 Å². The molecule has 0 spiro atoms. The molecule has 13 heavy (non-hydrogen) atoms. The standard InChI is InChI=1S/C8H12N2OS2/c11-13(8-10-4-5-12-8)6-7-2-1-3-9-7/h4-5,7,9H,1-3,6H2/t7-,13+/m1/s1. The summed E-state index contributed by atoms with van der Waals surface area (Å²) in [5.41, 5.74) is 0. The molecule has 0 unspecified atom stereocenters. The van der Waals surface area contributed by atoms with E-state index in [4.69, 9.17) is 0 Å². The van der Waals surface area contributed by atoms with Crippen molar-refractivity contribution in [2.45, 2.75) is 23.2 Å². The van der Waals surface area contributed by atoms with Crippen molar-refractivity contribution >= 4 is 22.1 Å². The zero-order valence-corrected chi connectivity index (χ0v) is 8.87. The van der Waals surface area contributed by atoms with Crippen LogP contribution in [0.2, 0.25) is 0 Å². The second-order valence-corrected chi connectivity index (χ2v) is 5.67. The van der Waals surface area contributed by atoms with Gasteiger partial charge >= 0.3 is 0 Å². The maximum Gasteiger partial charge on any atom is 0.180 e. The Bertz CT molecular complexity index is 280. The number of nitrogens with one attached hydrogen (secondary N) is 1. The molecule has 1 aliphatic heterocycles. The third-order valence-electron chi connectivity index (χ3n) is 2.12. The smallest absolute Gasteiger partial charge is 0.180 e. The lowest BCUT2D eigenvalue weighted by atomic mass is 10.3. The lowest BCUT2D eigenvalue weighted by molar-refractivity contribution is 0.643. The molecule has 1 fully saturated rings. The molecule has 1 saturated heterocycles. The fourth-order valence-corrected chi connectivity index (χ4v) is 3.61. The topological polar surface area (TPSA) is 42.0 Å². The molecule has 3 nitrogen and oxygen atoms in total. The first kappa shape index (κ1) is 9.30. The van der Waals surface area contributed by atoms with Crippen LogP contribution in [0.1, 0.15) is 12.8 Å². The van der Waals surface area contributed by atoms with E-state index in [0.29, 0.717) is 11.8 Å². The van der Waals surface area contributed by atoms with E-state index in [-0.39, 0.29) is 0 Å². The van der Waals surface area contributed by atoms with E-state index in [1.807, 2.05) is 5.38 Å². The van der Waals surface area contributed by atoms with Gasteiger partial charge in [0, 0.05) is 23.4 Å². The Morgan fingerprint density at radius 1 is 1.77 bits per heavy atom. The second-order valence-electron chi connectivity index (χ2n) is 3.10. The lowest BCUT2D eigenvalue weighted by Crippen LogP contribution is -2.27. The van der Waals surface area contributed by atoms with Gasteiger partial charge in [-0.15, -0.1) is 11.3 Å². The van der Waals surface area contributed by atoms with Crippen molar-refractivity contribution in [1.29, 1.82) is 0 Å². The van der Waals surface area contributed by atoms with E-state index < -0.39 is 10.8 Å². The molecule has 0 bridgehead atoms. The molecular weight excluding hydrogens is 204 g/mol. The van der Waals surface area contributed by atoms with Gasteiger partial charge in [-0.1, -0.05) is 0 Å². The number of hydrogen-bond acceptors (Lipinski definition) is 4. The summed E-state index contributed by atoms with van der Waals surface area (Å²) in [6.07, 6.45) is 4.07. The minimum Gasteiger partial charge on any atom is -0.313 e. The minimum atomic E-state index is -0.897. The number of rotatable bonds is 3. The molecule has 72 valence electrons. The SMILES string of the molecule is O=[S@@](C[C@H]1CCCN1)c1nccs1. The molecular formula is C8H12N2OS2. The monoisotopic (exact) mass is 216 g/mol. The first-order valence-electron chi connectivity index (χ1n) is 4.37. The number of aromatic nitrogens is 1. The van der Waals surface area contributed by atoms with E-state index >= 15 is 0 Å². The van der Waals surface area contributed by atoms with Crippen LogP contribution < -0.4 is 5.32 Å². The quantitative estimate of drug-likeness (QED) is 0.819. The average molecular weight is 216 g/mol. The van der Waals surface area contributed by atoms with Gasteiger partial charge in [-0.05, 0) is 19.4 Å². The molecule has 2 rings (SSSR count). The Labute approximate surface area is 84.0 Å². The molecule has 0 radical (unpaired) electrons. The van der Waals surface area contributed by atoms with Crippen molar-refractivity contribution in [2.24, 2.45) is 0 Å². The maximum atomic E-state index is 11.7. The highest BCUT2D eigenvalue weighted by molar-refractivity contribution is 7.87. The van der Waals surface area contributed by atoms with Gasteiger partial charge in [0.05, 0.1) is 10.8 Å². The molecule has 0 saturated carbocycles. The summed E-state index contributed by atoms with van der Waals surface area (Å²) in [6, 6.07) is 0.435. The largest absolute Gasteiger partial charge is 0.313 e. The summed E-state index contributed by atoms with van der Waals surface area (Å²) < 4.78 is 12.4. The number of thiazole rings is 1. The molecule has 1 aromatic heterocycles. The van der Waals surface area contributed by atoms with Crippen molar-refractivity contribution in [2.75, 3.05) is 12.3 Å². The molecule has 0 amide bonds. The summed E-state index contributed by atoms with van der Waals surface area (Å²) in [5, 5.41) is 5.20. The normalized spacial score (nSPS) is 24.8. The molecule has 2 heterocycles. The molecule has 1 aliphatic rings. The first-order valence-corrected chi connectivity index (χ1v) is 6.57. The van der Waals surface area contributed by atoms with E-state index in [2.05, 4.69) is 10.3 Å². The molecule has 1 aromatic rings. The highest BCUT2D eigenvalue weighted by atomic mass is 32.2. The summed E-state index contributed by atoms with van der Waals surface area (Å²) in [4.78, 5) is 4.05. The van der Waals surface area contributed by atoms with Crippen LogP contribution in [0.5, 0.6) is 0 Å². The van der Waals surface area contributed by atoms with Crippen LogP contribution in [0, 0.1) is 0 Å². The van der Waals surface area contributed by atoms with E-state index in [0.717, 1.165) is 17.3 Å². The van der Waals surface area contributed by atoms with Crippen LogP contribution in [0.25, 0.3) is 0 Å². The van der Waals surface area contributed by atoms with Gasteiger partial charge in [-0.2, -0.15) is 0 Å². The Hall–Kier alpha value is -0.260. The lowest BCUT2D eigenvalue weighted by Gasteiger charge is -2.07. The minimum absolute atomic E-state index is 0.435. The molecule has 0 aromatic carbocycles. The van der Waals surface area contributed by atoms with Gasteiger partial charge < -0.3 is 5.32 Å². The highest BCUT2D eigenvalue weighted by Gasteiger charge is 2.18. The fourth-order valence-electron chi connectivity index (χ4n) is 1.48. The van der Waals surface area contributed by atoms with Crippen LogP contribution >= 0.6 is 11.3 Å². The average Bonchev–Trinajstić information content (AvgIpc) is 2.74. The summed E-state index contributed by atoms with van der Waals surface area (Å²) in [5.74, 6) is 0.716. The van der Waals surface area contributed by atoms with Gasteiger partial charge in [0.25, 0.3) is 0 Å². The summed E-state index contributed by atoms with van der Waals surface area (Å²) in [6.45, 7) is 1.07. The van der Waals surface area contributed by atoms with Crippen molar-refractivity contribution < 1.29 is 4.21 Å². The van der Waals surface area contributed by atoms with Crippen molar-refractivity contribution in [3.8, 4) is 0 Å². The second kappa shape index (κ2) is 4.30. The van der Waals surface area contributed by atoms with Crippen LogP contribution in [0.4, 0.5) is 0 Å². The third-order valence-corrected chi connectivity index (χ3v) is 4.73. The third kappa shape index (κ3) is 2.36. The zero-order chi connectivity index (χ0) is 9.10. The number of hydrogen-bond donors (Lipinski definition) is 1. The van der Waals surface area contributed by atoms with Crippen LogP contribution in [0.3, 0.4) is 0 Å². The molecule has 5 heteroatoms. The summed E-state index contributed by atoms with van der Waals surface area (Å²) in [7, 11) is -0.897. The van der Waals surface area contributed by atoms with E-state index in [1.54, 1.807) is 6.20 Å². The first-order chi connectivity index (χ1) is 6.36. The van der Waals surface area contributed by atoms with Crippen molar-refractivity contribution in [3.63, 3.8) is 0 Å². The molecule has 0 aliphatic carbocycles. The van der Waals surface area contributed by atoms with Gasteiger partial charge in [-0.3, -0.25) is 4.21 Å². The zero-order valence-electron chi connectivity index (χ0n) is 7.23. The maximum absolute atomic E-state index is 11.7. The van der Waals surface area contributed by atoms with Crippen LogP contribution in [-0.4, -0.2) is 27.5 Å². The van der Waals surface area contributed by atoms with E-state index in [9.17, 15) is 4.21 Å². The fraction of sp³-hybridized carbons (Fsp3) is 0.625. The van der Waals surface area contributed by atoms with Gasteiger partial charge in [0.2, 0.25) is 0 Å². The van der Waals surface area contributed by atoms with Gasteiger partial charge in [-0.25, -0.2) is 4.98 Å². The Kier molecular flexibility index (Phi) is 3.08. The Balaban J connectivity index is 1.91. The molecule has 1 N–H and O–H groups in total. The van der Waals surface area contributed by atoms with Gasteiger partial charge in [0.1, 0.15) is 0 Å².